The van der Waals surface area contributed by atoms with Crippen LogP contribution in [0.4, 0.5) is 5.69 Å². The third-order valence-corrected chi connectivity index (χ3v) is 4.68. The topological polar surface area (TPSA) is 71.3 Å². The maximum absolute atomic E-state index is 12.6. The maximum Gasteiger partial charge on any atom is 0.266 e. The first-order valence-corrected chi connectivity index (χ1v) is 9.91. The van der Waals surface area contributed by atoms with Gasteiger partial charge in [0.2, 0.25) is 0 Å². The lowest BCUT2D eigenvalue weighted by atomic mass is 10.1. The summed E-state index contributed by atoms with van der Waals surface area (Å²) in [6, 6.07) is 21.9. The molecule has 0 radical (unpaired) electrons. The second-order valence-corrected chi connectivity index (χ2v) is 7.25. The first-order valence-electron chi connectivity index (χ1n) is 9.53. The lowest BCUT2D eigenvalue weighted by Crippen LogP contribution is -2.13. The van der Waals surface area contributed by atoms with E-state index in [2.05, 4.69) is 5.32 Å². The molecule has 31 heavy (non-hydrogen) atoms. The van der Waals surface area contributed by atoms with E-state index in [1.165, 1.54) is 6.08 Å². The molecule has 1 N–H and O–H groups in total. The minimum atomic E-state index is -0.496. The molecule has 0 bridgehead atoms. The normalized spacial score (nSPS) is 10.8. The molecular weight excluding hydrogens is 412 g/mol. The van der Waals surface area contributed by atoms with Crippen molar-refractivity contribution in [1.29, 1.82) is 5.26 Å². The molecule has 0 saturated carbocycles. The molecule has 0 unspecified atom stereocenters. The molecule has 5 nitrogen and oxygen atoms in total. The van der Waals surface area contributed by atoms with Gasteiger partial charge in [-0.2, -0.15) is 5.26 Å². The number of benzene rings is 3. The summed E-state index contributed by atoms with van der Waals surface area (Å²) in [6.07, 6.45) is 1.50. The van der Waals surface area contributed by atoms with Crippen molar-refractivity contribution in [2.45, 2.75) is 13.5 Å². The van der Waals surface area contributed by atoms with Crippen molar-refractivity contribution in [3.8, 4) is 17.6 Å². The number of rotatable bonds is 7. The SMILES string of the molecule is COc1ccc(/C=C(\C#N)C(=O)Nc2cccc(C)c2)c(OCc2cccc(Cl)c2)c1. The summed E-state index contributed by atoms with van der Waals surface area (Å²) in [5, 5.41) is 12.9. The van der Waals surface area contributed by atoms with Crippen LogP contribution in [0.25, 0.3) is 6.08 Å². The molecule has 6 heteroatoms. The fourth-order valence-corrected chi connectivity index (χ4v) is 3.11. The van der Waals surface area contributed by atoms with E-state index in [1.54, 1.807) is 37.4 Å². The summed E-state index contributed by atoms with van der Waals surface area (Å²) >= 11 is 6.04. The van der Waals surface area contributed by atoms with Gasteiger partial charge in [-0.3, -0.25) is 4.79 Å². The number of carbonyl (C=O) groups excluding carboxylic acids is 1. The van der Waals surface area contributed by atoms with Crippen molar-refractivity contribution < 1.29 is 14.3 Å². The zero-order chi connectivity index (χ0) is 22.2. The molecule has 156 valence electrons. The van der Waals surface area contributed by atoms with Crippen LogP contribution in [0, 0.1) is 18.3 Å². The number of anilines is 1. The highest BCUT2D eigenvalue weighted by molar-refractivity contribution is 6.30. The summed E-state index contributed by atoms with van der Waals surface area (Å²) in [7, 11) is 1.56. The number of nitriles is 1. The zero-order valence-electron chi connectivity index (χ0n) is 17.2. The van der Waals surface area contributed by atoms with Gasteiger partial charge in [-0.05, 0) is 60.5 Å². The highest BCUT2D eigenvalue weighted by Gasteiger charge is 2.13. The highest BCUT2D eigenvalue weighted by Crippen LogP contribution is 2.28. The summed E-state index contributed by atoms with van der Waals surface area (Å²) in [6.45, 7) is 2.20. The number of carbonyl (C=O) groups is 1. The van der Waals surface area contributed by atoms with E-state index < -0.39 is 5.91 Å². The Balaban J connectivity index is 1.86. The highest BCUT2D eigenvalue weighted by atomic mass is 35.5. The van der Waals surface area contributed by atoms with Crippen molar-refractivity contribution in [2.75, 3.05) is 12.4 Å². The van der Waals surface area contributed by atoms with E-state index >= 15 is 0 Å². The molecule has 0 saturated heterocycles. The number of amides is 1. The smallest absolute Gasteiger partial charge is 0.266 e. The van der Waals surface area contributed by atoms with Crippen molar-refractivity contribution in [1.82, 2.24) is 0 Å². The first-order chi connectivity index (χ1) is 15.0. The van der Waals surface area contributed by atoms with Gasteiger partial charge in [0.15, 0.2) is 0 Å². The van der Waals surface area contributed by atoms with E-state index in [0.717, 1.165) is 11.1 Å². The van der Waals surface area contributed by atoms with E-state index in [1.807, 2.05) is 49.4 Å². The molecule has 0 spiro atoms. The Bertz CT molecular complexity index is 1170. The van der Waals surface area contributed by atoms with Crippen LogP contribution in [0.3, 0.4) is 0 Å². The van der Waals surface area contributed by atoms with Gasteiger partial charge in [0.25, 0.3) is 5.91 Å². The van der Waals surface area contributed by atoms with Gasteiger partial charge in [-0.1, -0.05) is 35.9 Å². The third kappa shape index (κ3) is 6.11. The summed E-state index contributed by atoms with van der Waals surface area (Å²) < 4.78 is 11.2. The molecule has 0 aromatic heterocycles. The van der Waals surface area contributed by atoms with Gasteiger partial charge in [-0.25, -0.2) is 0 Å². The van der Waals surface area contributed by atoms with Gasteiger partial charge in [-0.15, -0.1) is 0 Å². The van der Waals surface area contributed by atoms with E-state index in [-0.39, 0.29) is 12.2 Å². The Kier molecular flexibility index (Phi) is 7.31. The lowest BCUT2D eigenvalue weighted by Gasteiger charge is -2.12. The quantitative estimate of drug-likeness (QED) is 0.379. The Labute approximate surface area is 186 Å². The summed E-state index contributed by atoms with van der Waals surface area (Å²) in [5.41, 5.74) is 3.06. The molecule has 3 aromatic rings. The van der Waals surface area contributed by atoms with Gasteiger partial charge in [0, 0.05) is 22.3 Å². The van der Waals surface area contributed by atoms with E-state index in [0.29, 0.717) is 27.8 Å². The maximum atomic E-state index is 12.6. The number of methoxy groups -OCH3 is 1. The molecule has 3 aromatic carbocycles. The Morgan fingerprint density at radius 2 is 1.94 bits per heavy atom. The monoisotopic (exact) mass is 432 g/mol. The molecule has 0 fully saturated rings. The number of nitrogens with one attached hydrogen (secondary N) is 1. The average Bonchev–Trinajstić information content (AvgIpc) is 2.76. The van der Waals surface area contributed by atoms with Gasteiger partial charge < -0.3 is 14.8 Å². The number of ether oxygens (including phenoxy) is 2. The fraction of sp³-hybridized carbons (Fsp3) is 0.120. The van der Waals surface area contributed by atoms with E-state index in [4.69, 9.17) is 21.1 Å². The average molecular weight is 433 g/mol. The van der Waals surface area contributed by atoms with Crippen molar-refractivity contribution >= 4 is 29.3 Å². The Hall–Kier alpha value is -3.75. The van der Waals surface area contributed by atoms with Crippen LogP contribution in [0.1, 0.15) is 16.7 Å². The van der Waals surface area contributed by atoms with Crippen molar-refractivity contribution in [3.63, 3.8) is 0 Å². The lowest BCUT2D eigenvalue weighted by molar-refractivity contribution is -0.112. The number of halogens is 1. The first kappa shape index (κ1) is 21.9. The fourth-order valence-electron chi connectivity index (χ4n) is 2.90. The van der Waals surface area contributed by atoms with Crippen LogP contribution >= 0.6 is 11.6 Å². The predicted octanol–water partition coefficient (Wildman–Crippen LogP) is 5.78. The molecule has 1 amide bonds. The number of aryl methyl sites for hydroxylation is 1. The van der Waals surface area contributed by atoms with Gasteiger partial charge in [0.05, 0.1) is 7.11 Å². The summed E-state index contributed by atoms with van der Waals surface area (Å²) in [5.74, 6) is 0.584. The summed E-state index contributed by atoms with van der Waals surface area (Å²) in [4.78, 5) is 12.6. The molecule has 0 aliphatic heterocycles. The standard InChI is InChI=1S/C25H21ClN2O3/c1-17-5-3-8-22(11-17)28-25(29)20(15-27)13-19-9-10-23(30-2)14-24(19)31-16-18-6-4-7-21(26)12-18/h3-14H,16H2,1-2H3,(H,28,29)/b20-13+. The predicted molar refractivity (Wildman–Crippen MR) is 122 cm³/mol. The molecule has 0 aliphatic carbocycles. The van der Waals surface area contributed by atoms with Crippen LogP contribution in [0.5, 0.6) is 11.5 Å². The second kappa shape index (κ2) is 10.3. The molecule has 0 atom stereocenters. The van der Waals surface area contributed by atoms with E-state index in [9.17, 15) is 10.1 Å². The zero-order valence-corrected chi connectivity index (χ0v) is 17.9. The molecule has 0 aliphatic rings. The minimum absolute atomic E-state index is 0.0423. The van der Waals surface area contributed by atoms with Crippen LogP contribution in [0.15, 0.2) is 72.3 Å². The van der Waals surface area contributed by atoms with Crippen LogP contribution in [-0.4, -0.2) is 13.0 Å². The minimum Gasteiger partial charge on any atom is -0.497 e. The number of hydrogen-bond acceptors (Lipinski definition) is 4. The Morgan fingerprint density at radius 1 is 1.13 bits per heavy atom. The number of hydrogen-bond donors (Lipinski definition) is 1. The Morgan fingerprint density at radius 3 is 2.65 bits per heavy atom. The third-order valence-electron chi connectivity index (χ3n) is 4.44. The van der Waals surface area contributed by atoms with Crippen LogP contribution < -0.4 is 14.8 Å². The second-order valence-electron chi connectivity index (χ2n) is 6.82. The van der Waals surface area contributed by atoms with Crippen LogP contribution in [0.2, 0.25) is 5.02 Å². The molecule has 3 rings (SSSR count). The van der Waals surface area contributed by atoms with Crippen molar-refractivity contribution in [3.05, 3.63) is 94.0 Å². The molecular formula is C25H21ClN2O3. The largest absolute Gasteiger partial charge is 0.497 e. The van der Waals surface area contributed by atoms with Gasteiger partial charge >= 0.3 is 0 Å². The molecule has 0 heterocycles. The van der Waals surface area contributed by atoms with Gasteiger partial charge in [0.1, 0.15) is 29.7 Å². The number of nitrogens with zero attached hydrogens (tertiary/aromatic N) is 1. The van der Waals surface area contributed by atoms with Crippen molar-refractivity contribution in [2.24, 2.45) is 0 Å². The van der Waals surface area contributed by atoms with Crippen LogP contribution in [-0.2, 0) is 11.4 Å².